The molecule has 0 N–H and O–H groups in total. The van der Waals surface area contributed by atoms with Gasteiger partial charge in [0, 0.05) is 37.5 Å². The van der Waals surface area contributed by atoms with Crippen LogP contribution >= 0.6 is 0 Å². The fourth-order valence-corrected chi connectivity index (χ4v) is 3.97. The molecule has 25 heavy (non-hydrogen) atoms. The summed E-state index contributed by atoms with van der Waals surface area (Å²) in [6, 6.07) is 14.4. The fourth-order valence-electron chi connectivity index (χ4n) is 3.97. The highest BCUT2D eigenvalue weighted by Gasteiger charge is 2.24. The normalized spacial score (nSPS) is 16.5. The van der Waals surface area contributed by atoms with Crippen molar-refractivity contribution in [3.05, 3.63) is 75.1 Å². The van der Waals surface area contributed by atoms with Crippen molar-refractivity contribution in [1.82, 2.24) is 4.90 Å². The van der Waals surface area contributed by atoms with Crippen LogP contribution < -0.4 is 10.4 Å². The highest BCUT2D eigenvalue weighted by molar-refractivity contribution is 5.84. The first-order chi connectivity index (χ1) is 12.3. The fraction of sp³-hybridized carbons (Fsp3) is 0.286. The van der Waals surface area contributed by atoms with Crippen LogP contribution in [0.4, 0.5) is 0 Å². The van der Waals surface area contributed by atoms with E-state index < -0.39 is 0 Å². The quantitative estimate of drug-likeness (QED) is 0.675. The minimum Gasteiger partial charge on any atom is -0.493 e. The lowest BCUT2D eigenvalue weighted by molar-refractivity contribution is 0.241. The Morgan fingerprint density at radius 2 is 1.92 bits per heavy atom. The molecule has 0 saturated heterocycles. The smallest absolute Gasteiger partial charge is 0.341 e. The number of hydrogen-bond donors (Lipinski definition) is 0. The summed E-state index contributed by atoms with van der Waals surface area (Å²) >= 11 is 0. The van der Waals surface area contributed by atoms with Gasteiger partial charge >= 0.3 is 5.63 Å². The van der Waals surface area contributed by atoms with Gasteiger partial charge in [0.15, 0.2) is 0 Å². The molecule has 0 unspecified atom stereocenters. The molecule has 2 aliphatic heterocycles. The van der Waals surface area contributed by atoms with Crippen molar-refractivity contribution < 1.29 is 9.15 Å². The molecule has 4 nitrogen and oxygen atoms in total. The van der Waals surface area contributed by atoms with Crippen LogP contribution in [0.2, 0.25) is 0 Å². The van der Waals surface area contributed by atoms with Gasteiger partial charge in [0.2, 0.25) is 0 Å². The van der Waals surface area contributed by atoms with Crippen LogP contribution in [-0.2, 0) is 25.9 Å². The summed E-state index contributed by atoms with van der Waals surface area (Å²) < 4.78 is 11.2. The molecule has 2 aliphatic rings. The number of fused-ring (bicyclic) bond motifs is 4. The Hall–Kier alpha value is -2.59. The summed E-state index contributed by atoms with van der Waals surface area (Å²) in [5.74, 6) is 0.858. The Bertz CT molecular complexity index is 1010. The molecule has 126 valence electrons. The van der Waals surface area contributed by atoms with Crippen LogP contribution in [0.5, 0.6) is 5.75 Å². The number of rotatable bonds is 2. The van der Waals surface area contributed by atoms with E-state index in [4.69, 9.17) is 9.15 Å². The zero-order chi connectivity index (χ0) is 16.8. The molecule has 5 rings (SSSR count). The van der Waals surface area contributed by atoms with E-state index in [0.717, 1.165) is 48.2 Å². The molecule has 3 heterocycles. The standard InChI is InChI=1S/C21H19NO3/c23-21-18-13-22(12-14-4-2-1-3-5-14)8-6-16(18)17-10-15-7-9-24-19(15)11-20(17)25-21/h1-5,10-11H,6-9,12-13H2. The Morgan fingerprint density at radius 1 is 1.04 bits per heavy atom. The summed E-state index contributed by atoms with van der Waals surface area (Å²) in [5, 5.41) is 1.08. The van der Waals surface area contributed by atoms with Crippen LogP contribution in [0.25, 0.3) is 11.0 Å². The van der Waals surface area contributed by atoms with Gasteiger partial charge in [0.25, 0.3) is 0 Å². The topological polar surface area (TPSA) is 42.7 Å². The van der Waals surface area contributed by atoms with Crippen molar-refractivity contribution in [2.24, 2.45) is 0 Å². The first-order valence-electron chi connectivity index (χ1n) is 8.78. The summed E-state index contributed by atoms with van der Waals surface area (Å²) in [7, 11) is 0. The first kappa shape index (κ1) is 14.7. The van der Waals surface area contributed by atoms with E-state index in [2.05, 4.69) is 35.2 Å². The van der Waals surface area contributed by atoms with Gasteiger partial charge in [-0.3, -0.25) is 4.90 Å². The number of ether oxygens (including phenoxy) is 1. The maximum atomic E-state index is 12.5. The second-order valence-electron chi connectivity index (χ2n) is 6.85. The van der Waals surface area contributed by atoms with E-state index in [9.17, 15) is 4.79 Å². The molecule has 0 bridgehead atoms. The SMILES string of the molecule is O=c1oc2cc3c(cc2c2c1CN(Cc1ccccc1)CC2)CCO3. The van der Waals surface area contributed by atoms with Crippen molar-refractivity contribution in [2.75, 3.05) is 13.2 Å². The van der Waals surface area contributed by atoms with Crippen LogP contribution in [0, 0.1) is 0 Å². The minimum atomic E-state index is -0.210. The van der Waals surface area contributed by atoms with Gasteiger partial charge in [0.1, 0.15) is 11.3 Å². The van der Waals surface area contributed by atoms with Crippen LogP contribution in [-0.4, -0.2) is 18.1 Å². The van der Waals surface area contributed by atoms with Crippen molar-refractivity contribution in [3.8, 4) is 5.75 Å². The van der Waals surface area contributed by atoms with E-state index in [1.54, 1.807) is 0 Å². The molecule has 0 spiro atoms. The summed E-state index contributed by atoms with van der Waals surface area (Å²) in [6.45, 7) is 3.17. The maximum absolute atomic E-state index is 12.5. The highest BCUT2D eigenvalue weighted by atomic mass is 16.5. The minimum absolute atomic E-state index is 0.210. The Labute approximate surface area is 145 Å². The van der Waals surface area contributed by atoms with Crippen LogP contribution in [0.1, 0.15) is 22.3 Å². The second kappa shape index (κ2) is 5.74. The second-order valence-corrected chi connectivity index (χ2v) is 6.85. The molecule has 0 radical (unpaired) electrons. The van der Waals surface area contributed by atoms with Gasteiger partial charge in [-0.2, -0.15) is 0 Å². The van der Waals surface area contributed by atoms with Gasteiger partial charge in [0.05, 0.1) is 12.2 Å². The van der Waals surface area contributed by atoms with E-state index in [1.807, 2.05) is 12.1 Å². The van der Waals surface area contributed by atoms with E-state index >= 15 is 0 Å². The number of hydrogen-bond acceptors (Lipinski definition) is 4. The maximum Gasteiger partial charge on any atom is 0.341 e. The van der Waals surface area contributed by atoms with Crippen molar-refractivity contribution in [3.63, 3.8) is 0 Å². The van der Waals surface area contributed by atoms with Crippen molar-refractivity contribution in [1.29, 1.82) is 0 Å². The zero-order valence-electron chi connectivity index (χ0n) is 14.0. The van der Waals surface area contributed by atoms with Gasteiger partial charge < -0.3 is 9.15 Å². The average Bonchev–Trinajstić information content (AvgIpc) is 3.09. The molecule has 3 aromatic rings. The highest BCUT2D eigenvalue weighted by Crippen LogP contribution is 2.33. The third kappa shape index (κ3) is 2.53. The monoisotopic (exact) mass is 333 g/mol. The molecular weight excluding hydrogens is 314 g/mol. The largest absolute Gasteiger partial charge is 0.493 e. The number of nitrogens with zero attached hydrogens (tertiary/aromatic N) is 1. The Morgan fingerprint density at radius 3 is 2.80 bits per heavy atom. The molecule has 1 aromatic heterocycles. The lowest BCUT2D eigenvalue weighted by Crippen LogP contribution is -2.33. The summed E-state index contributed by atoms with van der Waals surface area (Å²) in [4.78, 5) is 14.9. The van der Waals surface area contributed by atoms with Crippen LogP contribution in [0.15, 0.2) is 51.7 Å². The molecule has 0 atom stereocenters. The molecule has 0 saturated carbocycles. The molecule has 2 aromatic carbocycles. The third-order valence-corrected chi connectivity index (χ3v) is 5.24. The van der Waals surface area contributed by atoms with Gasteiger partial charge in [-0.25, -0.2) is 4.79 Å². The third-order valence-electron chi connectivity index (χ3n) is 5.24. The lowest BCUT2D eigenvalue weighted by Gasteiger charge is -2.28. The molecule has 0 amide bonds. The Balaban J connectivity index is 1.53. The molecular formula is C21H19NO3. The summed E-state index contributed by atoms with van der Waals surface area (Å²) in [6.07, 6.45) is 1.81. The van der Waals surface area contributed by atoms with Gasteiger partial charge in [-0.05, 0) is 29.2 Å². The van der Waals surface area contributed by atoms with Crippen molar-refractivity contribution in [2.45, 2.75) is 25.9 Å². The molecule has 0 aliphatic carbocycles. The van der Waals surface area contributed by atoms with E-state index in [1.165, 1.54) is 11.1 Å². The lowest BCUT2D eigenvalue weighted by atomic mass is 9.95. The van der Waals surface area contributed by atoms with E-state index in [-0.39, 0.29) is 5.63 Å². The number of benzene rings is 2. The predicted octanol–water partition coefficient (Wildman–Crippen LogP) is 3.29. The summed E-state index contributed by atoms with van der Waals surface area (Å²) in [5.41, 5.74) is 4.90. The average molecular weight is 333 g/mol. The molecule has 0 fully saturated rings. The van der Waals surface area contributed by atoms with Crippen LogP contribution in [0.3, 0.4) is 0 Å². The first-order valence-corrected chi connectivity index (χ1v) is 8.78. The molecule has 4 heteroatoms. The predicted molar refractivity (Wildman–Crippen MR) is 95.9 cm³/mol. The van der Waals surface area contributed by atoms with Gasteiger partial charge in [-0.1, -0.05) is 30.3 Å². The van der Waals surface area contributed by atoms with E-state index in [0.29, 0.717) is 18.7 Å². The van der Waals surface area contributed by atoms with Crippen molar-refractivity contribution >= 4 is 11.0 Å². The van der Waals surface area contributed by atoms with Gasteiger partial charge in [-0.15, -0.1) is 0 Å². The zero-order valence-corrected chi connectivity index (χ0v) is 14.0. The Kier molecular flexibility index (Phi) is 3.38.